The first-order valence-electron chi connectivity index (χ1n) is 8.78. The van der Waals surface area contributed by atoms with Gasteiger partial charge >= 0.3 is 5.63 Å². The Kier molecular flexibility index (Phi) is 7.36. The summed E-state index contributed by atoms with van der Waals surface area (Å²) < 4.78 is 10.4. The fraction of sp³-hybridized carbons (Fsp3) is 0.421. The second-order valence-corrected chi connectivity index (χ2v) is 6.27. The highest BCUT2D eigenvalue weighted by atomic mass is 16.5. The summed E-state index contributed by atoms with van der Waals surface area (Å²) >= 11 is 0. The quantitative estimate of drug-likeness (QED) is 0.421. The summed E-state index contributed by atoms with van der Waals surface area (Å²) in [5.74, 6) is 0.0550. The lowest BCUT2D eigenvalue weighted by atomic mass is 10.1. The van der Waals surface area contributed by atoms with Gasteiger partial charge in [0.1, 0.15) is 11.3 Å². The van der Waals surface area contributed by atoms with Gasteiger partial charge in [0.15, 0.2) is 0 Å². The Morgan fingerprint density at radius 3 is 2.70 bits per heavy atom. The van der Waals surface area contributed by atoms with E-state index in [2.05, 4.69) is 10.6 Å². The number of hydrogen-bond acceptors (Lipinski definition) is 6. The Morgan fingerprint density at radius 2 is 2.04 bits per heavy atom. The van der Waals surface area contributed by atoms with Gasteiger partial charge in [-0.2, -0.15) is 0 Å². The number of rotatable bonds is 10. The number of benzene rings is 1. The Morgan fingerprint density at radius 1 is 1.26 bits per heavy atom. The van der Waals surface area contributed by atoms with Crippen LogP contribution in [0, 0.1) is 0 Å². The molecule has 1 atom stereocenters. The third kappa shape index (κ3) is 6.10. The molecule has 8 nitrogen and oxygen atoms in total. The molecule has 1 aromatic heterocycles. The smallest absolute Gasteiger partial charge is 0.336 e. The van der Waals surface area contributed by atoms with E-state index in [9.17, 15) is 14.4 Å². The van der Waals surface area contributed by atoms with Crippen molar-refractivity contribution in [3.05, 3.63) is 40.2 Å². The molecule has 0 saturated heterocycles. The van der Waals surface area contributed by atoms with Gasteiger partial charge in [-0.25, -0.2) is 4.79 Å². The van der Waals surface area contributed by atoms with E-state index >= 15 is 0 Å². The van der Waals surface area contributed by atoms with E-state index in [4.69, 9.17) is 14.9 Å². The number of unbranched alkanes of at least 4 members (excludes halogenated alkanes) is 1. The predicted molar refractivity (Wildman–Crippen MR) is 101 cm³/mol. The number of carbonyl (C=O) groups excluding carboxylic acids is 2. The van der Waals surface area contributed by atoms with Crippen molar-refractivity contribution in [2.75, 3.05) is 13.7 Å². The molecular formula is C19H25N3O5. The normalized spacial score (nSPS) is 11.9. The minimum absolute atomic E-state index is 0.0778. The zero-order valence-corrected chi connectivity index (χ0v) is 15.5. The number of primary amides is 1. The first-order valence-corrected chi connectivity index (χ1v) is 8.78. The van der Waals surface area contributed by atoms with Crippen LogP contribution in [0.15, 0.2) is 33.5 Å². The number of methoxy groups -OCH3 is 1. The summed E-state index contributed by atoms with van der Waals surface area (Å²) in [5.41, 5.74) is 6.14. The minimum atomic E-state index is -0.525. The molecule has 0 aliphatic heterocycles. The van der Waals surface area contributed by atoms with Gasteiger partial charge in [-0.15, -0.1) is 0 Å². The largest absolute Gasteiger partial charge is 0.497 e. The molecule has 8 heteroatoms. The van der Waals surface area contributed by atoms with E-state index in [0.717, 1.165) is 18.2 Å². The number of carbonyl (C=O) groups is 2. The SMILES string of the molecule is COc1ccc2c(CN[C@@H](CCCCNC(C)=O)C(N)=O)cc(=O)oc2c1. The van der Waals surface area contributed by atoms with Crippen molar-refractivity contribution < 1.29 is 18.7 Å². The van der Waals surface area contributed by atoms with E-state index in [1.165, 1.54) is 20.1 Å². The van der Waals surface area contributed by atoms with Crippen molar-refractivity contribution >= 4 is 22.8 Å². The molecule has 1 aromatic carbocycles. The van der Waals surface area contributed by atoms with Gasteiger partial charge < -0.3 is 25.5 Å². The van der Waals surface area contributed by atoms with Crippen LogP contribution in [0.25, 0.3) is 11.0 Å². The van der Waals surface area contributed by atoms with Crippen LogP contribution in [-0.2, 0) is 16.1 Å². The average molecular weight is 375 g/mol. The molecule has 2 aromatic rings. The third-order valence-corrected chi connectivity index (χ3v) is 4.21. The molecular weight excluding hydrogens is 350 g/mol. The summed E-state index contributed by atoms with van der Waals surface area (Å²) in [7, 11) is 1.54. The van der Waals surface area contributed by atoms with Crippen LogP contribution in [0.5, 0.6) is 5.75 Å². The summed E-state index contributed by atoms with van der Waals surface area (Å²) in [5, 5.41) is 6.58. The molecule has 4 N–H and O–H groups in total. The molecule has 0 radical (unpaired) electrons. The lowest BCUT2D eigenvalue weighted by Crippen LogP contribution is -2.41. The minimum Gasteiger partial charge on any atom is -0.497 e. The Balaban J connectivity index is 2.03. The maximum absolute atomic E-state index is 11.8. The van der Waals surface area contributed by atoms with Crippen molar-refractivity contribution in [1.82, 2.24) is 10.6 Å². The highest BCUT2D eigenvalue weighted by Crippen LogP contribution is 2.22. The Hall–Kier alpha value is -2.87. The van der Waals surface area contributed by atoms with Gasteiger partial charge in [0.05, 0.1) is 13.2 Å². The topological polar surface area (TPSA) is 124 Å². The average Bonchev–Trinajstić information content (AvgIpc) is 2.62. The van der Waals surface area contributed by atoms with Gasteiger partial charge in [0.25, 0.3) is 0 Å². The van der Waals surface area contributed by atoms with Crippen LogP contribution >= 0.6 is 0 Å². The summed E-state index contributed by atoms with van der Waals surface area (Å²) in [6.45, 7) is 2.32. The van der Waals surface area contributed by atoms with Crippen molar-refractivity contribution in [3.63, 3.8) is 0 Å². The van der Waals surface area contributed by atoms with E-state index in [1.54, 1.807) is 18.2 Å². The zero-order valence-electron chi connectivity index (χ0n) is 15.5. The molecule has 0 aliphatic carbocycles. The maximum Gasteiger partial charge on any atom is 0.336 e. The number of ether oxygens (including phenoxy) is 1. The molecule has 2 rings (SSSR count). The molecule has 0 unspecified atom stereocenters. The number of hydrogen-bond donors (Lipinski definition) is 3. The first-order chi connectivity index (χ1) is 12.9. The summed E-state index contributed by atoms with van der Waals surface area (Å²) in [6.07, 6.45) is 2.03. The fourth-order valence-corrected chi connectivity index (χ4v) is 2.80. The third-order valence-electron chi connectivity index (χ3n) is 4.21. The molecule has 146 valence electrons. The number of nitrogens with one attached hydrogen (secondary N) is 2. The van der Waals surface area contributed by atoms with Crippen LogP contribution in [0.4, 0.5) is 0 Å². The standard InChI is InChI=1S/C19H25N3O5/c1-12(23)21-8-4-3-5-16(19(20)25)22-11-13-9-18(24)27-17-10-14(26-2)6-7-15(13)17/h6-7,9-10,16,22H,3-5,8,11H2,1-2H3,(H2,20,25)(H,21,23)/t16-/m0/s1. The molecule has 0 saturated carbocycles. The Bertz CT molecular complexity index is 862. The molecule has 0 aliphatic rings. The van der Waals surface area contributed by atoms with Crippen molar-refractivity contribution in [3.8, 4) is 5.75 Å². The molecule has 0 bridgehead atoms. The van der Waals surface area contributed by atoms with Gasteiger partial charge in [-0.05, 0) is 37.0 Å². The molecule has 2 amide bonds. The highest BCUT2D eigenvalue weighted by molar-refractivity contribution is 5.82. The Labute approximate surface area is 157 Å². The van der Waals surface area contributed by atoms with Crippen LogP contribution < -0.4 is 26.7 Å². The summed E-state index contributed by atoms with van der Waals surface area (Å²) in [4.78, 5) is 34.4. The fourth-order valence-electron chi connectivity index (χ4n) is 2.80. The zero-order chi connectivity index (χ0) is 19.8. The van der Waals surface area contributed by atoms with E-state index in [-0.39, 0.29) is 5.91 Å². The van der Waals surface area contributed by atoms with E-state index in [1.807, 2.05) is 0 Å². The molecule has 27 heavy (non-hydrogen) atoms. The second kappa shape index (κ2) is 9.72. The van der Waals surface area contributed by atoms with E-state index < -0.39 is 17.6 Å². The van der Waals surface area contributed by atoms with Crippen LogP contribution in [-0.4, -0.2) is 31.5 Å². The van der Waals surface area contributed by atoms with E-state index in [0.29, 0.717) is 36.4 Å². The van der Waals surface area contributed by atoms with Crippen LogP contribution in [0.1, 0.15) is 31.7 Å². The lowest BCUT2D eigenvalue weighted by molar-refractivity contribution is -0.120. The number of fused-ring (bicyclic) bond motifs is 1. The first kappa shape index (κ1) is 20.4. The van der Waals surface area contributed by atoms with Gasteiger partial charge in [0.2, 0.25) is 11.8 Å². The van der Waals surface area contributed by atoms with Gasteiger partial charge in [0, 0.05) is 37.5 Å². The highest BCUT2D eigenvalue weighted by Gasteiger charge is 2.15. The lowest BCUT2D eigenvalue weighted by Gasteiger charge is -2.16. The van der Waals surface area contributed by atoms with Gasteiger partial charge in [-0.1, -0.05) is 0 Å². The molecule has 0 spiro atoms. The maximum atomic E-state index is 11.8. The van der Waals surface area contributed by atoms with Gasteiger partial charge in [-0.3, -0.25) is 9.59 Å². The van der Waals surface area contributed by atoms with Crippen LogP contribution in [0.2, 0.25) is 0 Å². The number of amides is 2. The monoisotopic (exact) mass is 375 g/mol. The van der Waals surface area contributed by atoms with Crippen molar-refractivity contribution in [2.24, 2.45) is 5.73 Å². The molecule has 0 fully saturated rings. The van der Waals surface area contributed by atoms with Crippen molar-refractivity contribution in [2.45, 2.75) is 38.8 Å². The predicted octanol–water partition coefficient (Wildman–Crippen LogP) is 1.05. The van der Waals surface area contributed by atoms with Crippen LogP contribution in [0.3, 0.4) is 0 Å². The van der Waals surface area contributed by atoms with Crippen molar-refractivity contribution in [1.29, 1.82) is 0 Å². The number of nitrogens with two attached hydrogens (primary N) is 1. The summed E-state index contributed by atoms with van der Waals surface area (Å²) in [6, 6.07) is 6.10. The second-order valence-electron chi connectivity index (χ2n) is 6.27. The molecule has 1 heterocycles.